The van der Waals surface area contributed by atoms with Gasteiger partial charge in [0.25, 0.3) is 0 Å². The van der Waals surface area contributed by atoms with E-state index in [0.717, 1.165) is 5.92 Å². The number of halogens is 1. The van der Waals surface area contributed by atoms with Gasteiger partial charge in [-0.05, 0) is 66.5 Å². The number of benzene rings is 1. The van der Waals surface area contributed by atoms with E-state index in [1.165, 1.54) is 28.4 Å². The molecule has 0 aliphatic carbocycles. The highest BCUT2D eigenvalue weighted by Gasteiger charge is 2.09. The molecular formula is C16H26IN. The summed E-state index contributed by atoms with van der Waals surface area (Å²) in [6.45, 7) is 9.14. The summed E-state index contributed by atoms with van der Waals surface area (Å²) in [5.41, 5.74) is 1.38. The van der Waals surface area contributed by atoms with Gasteiger partial charge in [-0.25, -0.2) is 0 Å². The minimum atomic E-state index is 0.441. The normalized spacial score (nSPS) is 14.8. The summed E-state index contributed by atoms with van der Waals surface area (Å²) in [5, 5.41) is 3.69. The van der Waals surface area contributed by atoms with Crippen molar-refractivity contribution in [2.45, 2.75) is 59.0 Å². The fraction of sp³-hybridized carbons (Fsp3) is 0.625. The Morgan fingerprint density at radius 1 is 1.00 bits per heavy atom. The number of rotatable bonds is 7. The zero-order valence-electron chi connectivity index (χ0n) is 12.0. The van der Waals surface area contributed by atoms with Crippen molar-refractivity contribution in [2.75, 3.05) is 0 Å². The van der Waals surface area contributed by atoms with E-state index in [2.05, 4.69) is 79.9 Å². The van der Waals surface area contributed by atoms with Gasteiger partial charge in [-0.2, -0.15) is 0 Å². The molecule has 0 amide bonds. The van der Waals surface area contributed by atoms with Gasteiger partial charge in [0.15, 0.2) is 0 Å². The van der Waals surface area contributed by atoms with E-state index >= 15 is 0 Å². The number of hydrogen-bond acceptors (Lipinski definition) is 1. The topological polar surface area (TPSA) is 12.0 Å². The van der Waals surface area contributed by atoms with E-state index in [0.29, 0.717) is 12.1 Å². The monoisotopic (exact) mass is 359 g/mol. The summed E-state index contributed by atoms with van der Waals surface area (Å²) < 4.78 is 1.30. The van der Waals surface area contributed by atoms with E-state index in [1.807, 2.05) is 0 Å². The highest BCUT2D eigenvalue weighted by atomic mass is 127. The first-order valence-electron chi connectivity index (χ1n) is 7.00. The first kappa shape index (κ1) is 16.0. The minimum absolute atomic E-state index is 0.441. The second-order valence-corrected chi connectivity index (χ2v) is 6.91. The molecule has 2 atom stereocenters. The highest BCUT2D eigenvalue weighted by molar-refractivity contribution is 14.1. The van der Waals surface area contributed by atoms with E-state index < -0.39 is 0 Å². The van der Waals surface area contributed by atoms with E-state index in [9.17, 15) is 0 Å². The van der Waals surface area contributed by atoms with Crippen LogP contribution in [0.1, 0.15) is 58.6 Å². The lowest BCUT2D eigenvalue weighted by atomic mass is 10.0. The lowest BCUT2D eigenvalue weighted by molar-refractivity contribution is 0.424. The van der Waals surface area contributed by atoms with Crippen LogP contribution in [0.3, 0.4) is 0 Å². The molecular weight excluding hydrogens is 333 g/mol. The Morgan fingerprint density at radius 2 is 1.61 bits per heavy atom. The van der Waals surface area contributed by atoms with Crippen molar-refractivity contribution in [1.29, 1.82) is 0 Å². The van der Waals surface area contributed by atoms with Crippen LogP contribution in [0.4, 0.5) is 0 Å². The molecule has 0 bridgehead atoms. The second kappa shape index (κ2) is 8.16. The Hall–Kier alpha value is -0.0900. The van der Waals surface area contributed by atoms with Gasteiger partial charge in [-0.3, -0.25) is 0 Å². The van der Waals surface area contributed by atoms with Crippen LogP contribution >= 0.6 is 22.6 Å². The van der Waals surface area contributed by atoms with Crippen LogP contribution in [0, 0.1) is 9.49 Å². The molecule has 0 aliphatic rings. The summed E-state index contributed by atoms with van der Waals surface area (Å²) in [5.74, 6) is 0.825. The first-order valence-corrected chi connectivity index (χ1v) is 8.08. The third-order valence-corrected chi connectivity index (χ3v) is 4.04. The average molecular weight is 359 g/mol. The Labute approximate surface area is 126 Å². The van der Waals surface area contributed by atoms with Crippen molar-refractivity contribution in [3.05, 3.63) is 33.4 Å². The third-order valence-electron chi connectivity index (χ3n) is 3.32. The SMILES string of the molecule is CC(C)CCCC(C)NC(C)c1ccc(I)cc1. The van der Waals surface area contributed by atoms with Gasteiger partial charge in [0, 0.05) is 15.7 Å². The van der Waals surface area contributed by atoms with E-state index in [1.54, 1.807) is 0 Å². The fourth-order valence-electron chi connectivity index (χ4n) is 2.19. The summed E-state index contributed by atoms with van der Waals surface area (Å²) >= 11 is 2.35. The molecule has 1 N–H and O–H groups in total. The van der Waals surface area contributed by atoms with Crippen LogP contribution in [0.25, 0.3) is 0 Å². The zero-order valence-corrected chi connectivity index (χ0v) is 14.2. The maximum absolute atomic E-state index is 3.69. The standard InChI is InChI=1S/C16H26IN/c1-12(2)6-5-7-13(3)18-14(4)15-8-10-16(17)11-9-15/h8-14,18H,5-7H2,1-4H3. The maximum Gasteiger partial charge on any atom is 0.0294 e. The largest absolute Gasteiger partial charge is 0.308 e. The molecule has 18 heavy (non-hydrogen) atoms. The molecule has 102 valence electrons. The zero-order chi connectivity index (χ0) is 13.5. The lowest BCUT2D eigenvalue weighted by Crippen LogP contribution is -2.28. The van der Waals surface area contributed by atoms with Gasteiger partial charge in [0.1, 0.15) is 0 Å². The Balaban J connectivity index is 2.34. The third kappa shape index (κ3) is 6.19. The van der Waals surface area contributed by atoms with Crippen molar-refractivity contribution < 1.29 is 0 Å². The van der Waals surface area contributed by atoms with E-state index in [4.69, 9.17) is 0 Å². The predicted octanol–water partition coefficient (Wildman–Crippen LogP) is 5.16. The molecule has 0 saturated heterocycles. The van der Waals surface area contributed by atoms with Crippen LogP contribution in [0.2, 0.25) is 0 Å². The van der Waals surface area contributed by atoms with Gasteiger partial charge < -0.3 is 5.32 Å². The van der Waals surface area contributed by atoms with Crippen molar-refractivity contribution in [3.63, 3.8) is 0 Å². The number of hydrogen-bond donors (Lipinski definition) is 1. The molecule has 2 heteroatoms. The molecule has 2 unspecified atom stereocenters. The lowest BCUT2D eigenvalue weighted by Gasteiger charge is -2.20. The van der Waals surface area contributed by atoms with E-state index in [-0.39, 0.29) is 0 Å². The highest BCUT2D eigenvalue weighted by Crippen LogP contribution is 2.16. The van der Waals surface area contributed by atoms with Crippen LogP contribution in [-0.2, 0) is 0 Å². The summed E-state index contributed by atoms with van der Waals surface area (Å²) in [6.07, 6.45) is 3.93. The molecule has 0 aliphatic heterocycles. The summed E-state index contributed by atoms with van der Waals surface area (Å²) in [7, 11) is 0. The average Bonchev–Trinajstić information content (AvgIpc) is 2.29. The summed E-state index contributed by atoms with van der Waals surface area (Å²) in [6, 6.07) is 9.84. The maximum atomic E-state index is 3.69. The molecule has 1 rings (SSSR count). The predicted molar refractivity (Wildman–Crippen MR) is 88.9 cm³/mol. The van der Waals surface area contributed by atoms with Crippen LogP contribution in [0.5, 0.6) is 0 Å². The molecule has 0 fully saturated rings. The molecule has 1 aromatic rings. The van der Waals surface area contributed by atoms with Crippen LogP contribution in [0.15, 0.2) is 24.3 Å². The van der Waals surface area contributed by atoms with Gasteiger partial charge in [0.05, 0.1) is 0 Å². The second-order valence-electron chi connectivity index (χ2n) is 5.67. The fourth-order valence-corrected chi connectivity index (χ4v) is 2.55. The van der Waals surface area contributed by atoms with Gasteiger partial charge in [-0.15, -0.1) is 0 Å². The smallest absolute Gasteiger partial charge is 0.0294 e. The van der Waals surface area contributed by atoms with Crippen molar-refractivity contribution >= 4 is 22.6 Å². The molecule has 0 saturated carbocycles. The Morgan fingerprint density at radius 3 is 2.17 bits per heavy atom. The molecule has 0 aromatic heterocycles. The summed E-state index contributed by atoms with van der Waals surface area (Å²) in [4.78, 5) is 0. The Kier molecular flexibility index (Phi) is 7.23. The molecule has 1 nitrogen and oxygen atoms in total. The first-order chi connectivity index (χ1) is 8.49. The molecule has 1 aromatic carbocycles. The van der Waals surface area contributed by atoms with Crippen molar-refractivity contribution in [1.82, 2.24) is 5.32 Å². The van der Waals surface area contributed by atoms with Gasteiger partial charge in [0.2, 0.25) is 0 Å². The van der Waals surface area contributed by atoms with Gasteiger partial charge in [-0.1, -0.05) is 38.8 Å². The molecule has 0 heterocycles. The molecule has 0 radical (unpaired) electrons. The Bertz CT molecular complexity index is 331. The number of nitrogens with one attached hydrogen (secondary N) is 1. The van der Waals surface area contributed by atoms with Crippen molar-refractivity contribution in [2.24, 2.45) is 5.92 Å². The van der Waals surface area contributed by atoms with Crippen LogP contribution < -0.4 is 5.32 Å². The molecule has 0 spiro atoms. The van der Waals surface area contributed by atoms with Crippen molar-refractivity contribution in [3.8, 4) is 0 Å². The quantitative estimate of drug-likeness (QED) is 0.664. The van der Waals surface area contributed by atoms with Gasteiger partial charge >= 0.3 is 0 Å². The van der Waals surface area contributed by atoms with Crippen LogP contribution in [-0.4, -0.2) is 6.04 Å². The minimum Gasteiger partial charge on any atom is -0.308 e.